The number of benzene rings is 1. The van der Waals surface area contributed by atoms with E-state index in [2.05, 4.69) is 21.4 Å². The van der Waals surface area contributed by atoms with Crippen molar-refractivity contribution in [3.63, 3.8) is 0 Å². The predicted octanol–water partition coefficient (Wildman–Crippen LogP) is 6.88. The highest BCUT2D eigenvalue weighted by molar-refractivity contribution is 7.18. The van der Waals surface area contributed by atoms with Gasteiger partial charge in [0.15, 0.2) is 17.4 Å². The zero-order chi connectivity index (χ0) is 26.6. The number of amides is 1. The number of carbonyl (C=O) groups is 3. The fraction of sp³-hybridized carbons (Fsp3) is 0.300. The molecule has 1 aliphatic rings. The Labute approximate surface area is 225 Å². The van der Waals surface area contributed by atoms with Crippen LogP contribution in [0.25, 0.3) is 22.6 Å². The van der Waals surface area contributed by atoms with Gasteiger partial charge in [-0.05, 0) is 73.7 Å². The van der Waals surface area contributed by atoms with Crippen molar-refractivity contribution in [2.75, 3.05) is 5.32 Å². The molecule has 1 amide bonds. The lowest BCUT2D eigenvalue weighted by molar-refractivity contribution is -0.111. The van der Waals surface area contributed by atoms with Crippen molar-refractivity contribution in [1.29, 1.82) is 0 Å². The highest BCUT2D eigenvalue weighted by Gasteiger charge is 2.29. The Hall–Kier alpha value is -3.91. The van der Waals surface area contributed by atoms with Gasteiger partial charge in [0.2, 0.25) is 5.91 Å². The summed E-state index contributed by atoms with van der Waals surface area (Å²) in [6.07, 6.45) is 7.75. The number of hydrogen-bond donors (Lipinski definition) is 1. The van der Waals surface area contributed by atoms with Gasteiger partial charge in [0, 0.05) is 30.6 Å². The van der Waals surface area contributed by atoms with Crippen LogP contribution in [0.15, 0.2) is 67.4 Å². The van der Waals surface area contributed by atoms with Crippen molar-refractivity contribution in [3.05, 3.63) is 77.8 Å². The van der Waals surface area contributed by atoms with E-state index in [1.165, 1.54) is 17.4 Å². The Morgan fingerprint density at radius 3 is 2.76 bits per heavy atom. The lowest BCUT2D eigenvalue weighted by Crippen LogP contribution is -2.22. The van der Waals surface area contributed by atoms with E-state index in [-0.39, 0.29) is 29.4 Å². The number of nitrogens with zero attached hydrogens (tertiary/aromatic N) is 3. The number of anilines is 1. The number of ketones is 2. The number of imidazole rings is 1. The normalized spacial score (nSPS) is 17.3. The smallest absolute Gasteiger partial charge is 0.248 e. The Bertz CT molecular complexity index is 1500. The fourth-order valence-corrected chi connectivity index (χ4v) is 6.15. The summed E-state index contributed by atoms with van der Waals surface area (Å²) in [6.45, 7) is 5.33. The molecule has 0 spiro atoms. The van der Waals surface area contributed by atoms with Gasteiger partial charge in [-0.15, -0.1) is 11.3 Å². The highest BCUT2D eigenvalue weighted by atomic mass is 32.1. The van der Waals surface area contributed by atoms with E-state index < -0.39 is 0 Å². The van der Waals surface area contributed by atoms with Crippen LogP contribution in [0, 0.1) is 5.92 Å². The predicted molar refractivity (Wildman–Crippen MR) is 151 cm³/mol. The highest BCUT2D eigenvalue weighted by Crippen LogP contribution is 2.40. The van der Waals surface area contributed by atoms with Crippen molar-refractivity contribution in [3.8, 4) is 11.5 Å². The average Bonchev–Trinajstić information content (AvgIpc) is 3.57. The summed E-state index contributed by atoms with van der Waals surface area (Å²) in [5, 5.41) is 3.37. The van der Waals surface area contributed by atoms with E-state index in [1.807, 2.05) is 43.3 Å². The van der Waals surface area contributed by atoms with Crippen LogP contribution in [0.3, 0.4) is 0 Å². The number of carbonyl (C=O) groups excluding carboxylic acids is 3. The molecule has 2 atom stereocenters. The Morgan fingerprint density at radius 2 is 2.00 bits per heavy atom. The average molecular weight is 527 g/mol. The molecule has 1 fully saturated rings. The molecule has 3 heterocycles. The zero-order valence-electron chi connectivity index (χ0n) is 21.4. The standard InChI is InChI=1S/C30H30N4O3S/c1-3-25(35)20-11-12-24-23(18-20)32-30(22-10-5-6-15-31-22)34(24)21-9-7-8-19(16-21)17-26(36)27-13-14-29(38-27)33-28(37)4-2/h4-6,10-15,18-19,21H,2-3,7-9,16-17H2,1H3,(H,33,37)/t19-,21+/m0/s1. The molecule has 0 radical (unpaired) electrons. The maximum Gasteiger partial charge on any atom is 0.248 e. The second-order valence-corrected chi connectivity index (χ2v) is 10.8. The lowest BCUT2D eigenvalue weighted by atomic mass is 9.82. The molecule has 0 unspecified atom stereocenters. The number of fused-ring (bicyclic) bond motifs is 1. The van der Waals surface area contributed by atoms with Crippen molar-refractivity contribution >= 4 is 44.8 Å². The number of nitrogens with one attached hydrogen (secondary N) is 1. The Morgan fingerprint density at radius 1 is 1.13 bits per heavy atom. The number of thiophene rings is 1. The minimum Gasteiger partial charge on any atom is -0.320 e. The van der Waals surface area contributed by atoms with Gasteiger partial charge >= 0.3 is 0 Å². The molecule has 0 bridgehead atoms. The molecule has 4 aromatic rings. The van der Waals surface area contributed by atoms with Crippen LogP contribution in [0.2, 0.25) is 0 Å². The van der Waals surface area contributed by atoms with Gasteiger partial charge in [0.1, 0.15) is 5.69 Å². The molecular formula is C30H30N4O3S. The summed E-state index contributed by atoms with van der Waals surface area (Å²) in [4.78, 5) is 47.2. The van der Waals surface area contributed by atoms with E-state index in [4.69, 9.17) is 4.98 Å². The van der Waals surface area contributed by atoms with E-state index in [1.54, 1.807) is 18.3 Å². The van der Waals surface area contributed by atoms with Crippen LogP contribution in [0.5, 0.6) is 0 Å². The summed E-state index contributed by atoms with van der Waals surface area (Å²) in [6, 6.07) is 15.3. The molecule has 8 heteroatoms. The van der Waals surface area contributed by atoms with Crippen LogP contribution < -0.4 is 5.32 Å². The van der Waals surface area contributed by atoms with Gasteiger partial charge in [-0.2, -0.15) is 0 Å². The van der Waals surface area contributed by atoms with Crippen molar-refractivity contribution in [2.45, 2.75) is 51.5 Å². The molecule has 0 aliphatic heterocycles. The van der Waals surface area contributed by atoms with Crippen molar-refractivity contribution in [2.24, 2.45) is 5.92 Å². The van der Waals surface area contributed by atoms with Gasteiger partial charge in [0.05, 0.1) is 20.9 Å². The van der Waals surface area contributed by atoms with E-state index in [9.17, 15) is 14.4 Å². The van der Waals surface area contributed by atoms with Gasteiger partial charge in [-0.25, -0.2) is 4.98 Å². The van der Waals surface area contributed by atoms with Gasteiger partial charge in [-0.3, -0.25) is 19.4 Å². The zero-order valence-corrected chi connectivity index (χ0v) is 22.2. The Balaban J connectivity index is 1.41. The lowest BCUT2D eigenvalue weighted by Gasteiger charge is -2.31. The second-order valence-electron chi connectivity index (χ2n) is 9.67. The summed E-state index contributed by atoms with van der Waals surface area (Å²) in [7, 11) is 0. The number of pyridine rings is 1. The van der Waals surface area contributed by atoms with Crippen LogP contribution in [0.4, 0.5) is 5.00 Å². The first-order valence-electron chi connectivity index (χ1n) is 13.0. The van der Waals surface area contributed by atoms with E-state index >= 15 is 0 Å². The number of rotatable bonds is 9. The summed E-state index contributed by atoms with van der Waals surface area (Å²) < 4.78 is 2.27. The molecule has 5 rings (SSSR count). The van der Waals surface area contributed by atoms with Crippen LogP contribution >= 0.6 is 11.3 Å². The summed E-state index contributed by atoms with van der Waals surface area (Å²) in [5.41, 5.74) is 3.23. The maximum atomic E-state index is 13.1. The second kappa shape index (κ2) is 11.2. The topological polar surface area (TPSA) is 93.9 Å². The number of Topliss-reactive ketones (excluding diaryl/α,β-unsaturated/α-hetero) is 2. The fourth-order valence-electron chi connectivity index (χ4n) is 5.29. The minimum atomic E-state index is -0.288. The number of aromatic nitrogens is 3. The molecule has 1 aromatic carbocycles. The summed E-state index contributed by atoms with van der Waals surface area (Å²) >= 11 is 1.30. The van der Waals surface area contributed by atoms with E-state index in [0.29, 0.717) is 28.3 Å². The first-order valence-corrected chi connectivity index (χ1v) is 13.8. The molecule has 194 valence electrons. The molecule has 38 heavy (non-hydrogen) atoms. The van der Waals surface area contributed by atoms with Crippen molar-refractivity contribution in [1.82, 2.24) is 14.5 Å². The SMILES string of the molecule is C=CC(=O)Nc1ccc(C(=O)C[C@H]2CCC[C@@H](n3c(-c4ccccn4)nc4cc(C(=O)CC)ccc43)C2)s1. The molecule has 7 nitrogen and oxygen atoms in total. The van der Waals surface area contributed by atoms with Gasteiger partial charge in [-0.1, -0.05) is 26.0 Å². The summed E-state index contributed by atoms with van der Waals surface area (Å²) in [5.74, 6) is 0.938. The molecule has 1 aliphatic carbocycles. The van der Waals surface area contributed by atoms with Gasteiger partial charge < -0.3 is 9.88 Å². The molecule has 1 saturated carbocycles. The molecular weight excluding hydrogens is 496 g/mol. The van der Waals surface area contributed by atoms with Crippen molar-refractivity contribution < 1.29 is 14.4 Å². The van der Waals surface area contributed by atoms with Crippen LogP contribution in [0.1, 0.15) is 71.5 Å². The number of hydrogen-bond acceptors (Lipinski definition) is 6. The third-order valence-electron chi connectivity index (χ3n) is 7.13. The monoisotopic (exact) mass is 526 g/mol. The Kier molecular flexibility index (Phi) is 7.60. The van der Waals surface area contributed by atoms with Crippen LogP contribution in [-0.4, -0.2) is 32.0 Å². The third-order valence-corrected chi connectivity index (χ3v) is 8.18. The third kappa shape index (κ3) is 5.36. The largest absolute Gasteiger partial charge is 0.320 e. The maximum absolute atomic E-state index is 13.1. The first-order chi connectivity index (χ1) is 18.5. The molecule has 0 saturated heterocycles. The van der Waals surface area contributed by atoms with Crippen LogP contribution in [-0.2, 0) is 4.79 Å². The van der Waals surface area contributed by atoms with E-state index in [0.717, 1.165) is 48.2 Å². The molecule has 3 aromatic heterocycles. The quantitative estimate of drug-likeness (QED) is 0.189. The first kappa shape index (κ1) is 25.7. The van der Waals surface area contributed by atoms with Gasteiger partial charge in [0.25, 0.3) is 0 Å². The molecule has 1 N–H and O–H groups in total. The minimum absolute atomic E-state index is 0.0953.